The number of nitriles is 1. The first-order chi connectivity index (χ1) is 9.61. The fraction of sp³-hybridized carbons (Fsp3) is 0.0667. The average molecular weight is 265 g/mol. The van der Waals surface area contributed by atoms with Crippen LogP contribution in [0, 0.1) is 28.4 Å². The number of nitrogens with zero attached hydrogens (tertiary/aromatic N) is 3. The highest BCUT2D eigenvalue weighted by atomic mass is 16.6. The Morgan fingerprint density at radius 1 is 1.35 bits per heavy atom. The lowest BCUT2D eigenvalue weighted by atomic mass is 10.1. The summed E-state index contributed by atoms with van der Waals surface area (Å²) in [7, 11) is 0. The topological polar surface area (TPSA) is 79.8 Å². The van der Waals surface area contributed by atoms with E-state index in [0.717, 1.165) is 5.56 Å². The Morgan fingerprint density at radius 3 is 2.85 bits per heavy atom. The lowest BCUT2D eigenvalue weighted by Crippen LogP contribution is -1.91. The fourth-order valence-electron chi connectivity index (χ4n) is 1.76. The van der Waals surface area contributed by atoms with E-state index in [1.807, 2.05) is 6.07 Å². The van der Waals surface area contributed by atoms with Crippen LogP contribution < -0.4 is 0 Å². The van der Waals surface area contributed by atoms with Crippen molar-refractivity contribution in [3.05, 3.63) is 69.0 Å². The molecule has 0 atom stereocenters. The van der Waals surface area contributed by atoms with Gasteiger partial charge in [0.15, 0.2) is 0 Å². The van der Waals surface area contributed by atoms with Crippen molar-refractivity contribution in [2.24, 2.45) is 0 Å². The first-order valence-corrected chi connectivity index (χ1v) is 5.89. The number of nitro groups is 1. The van der Waals surface area contributed by atoms with Crippen LogP contribution in [-0.2, 0) is 0 Å². The van der Waals surface area contributed by atoms with Gasteiger partial charge in [-0.1, -0.05) is 24.3 Å². The van der Waals surface area contributed by atoms with Gasteiger partial charge in [0, 0.05) is 24.0 Å². The van der Waals surface area contributed by atoms with Gasteiger partial charge in [-0.25, -0.2) is 0 Å². The van der Waals surface area contributed by atoms with E-state index < -0.39 is 4.92 Å². The number of hydrogen-bond donors (Lipinski definition) is 0. The van der Waals surface area contributed by atoms with Gasteiger partial charge in [0.25, 0.3) is 5.69 Å². The first kappa shape index (κ1) is 13.4. The molecule has 2 rings (SSSR count). The number of rotatable bonds is 3. The quantitative estimate of drug-likeness (QED) is 0.629. The van der Waals surface area contributed by atoms with Gasteiger partial charge in [-0.3, -0.25) is 15.1 Å². The highest BCUT2D eigenvalue weighted by molar-refractivity contribution is 5.73. The zero-order valence-electron chi connectivity index (χ0n) is 10.8. The van der Waals surface area contributed by atoms with Gasteiger partial charge >= 0.3 is 0 Å². The maximum absolute atomic E-state index is 10.9. The van der Waals surface area contributed by atoms with Crippen LogP contribution in [0.3, 0.4) is 0 Å². The summed E-state index contributed by atoms with van der Waals surface area (Å²) in [6.07, 6.45) is 6.56. The minimum atomic E-state index is -0.403. The molecule has 0 N–H and O–H groups in total. The third-order valence-electron chi connectivity index (χ3n) is 2.86. The molecule has 2 aromatic rings. The van der Waals surface area contributed by atoms with E-state index in [0.29, 0.717) is 16.7 Å². The van der Waals surface area contributed by atoms with Crippen molar-refractivity contribution in [3.63, 3.8) is 0 Å². The number of hydrogen-bond acceptors (Lipinski definition) is 4. The standard InChI is InChI=1S/C15H11N3O2/c1-11-2-3-12(8-15(11)18(19)20)4-5-13-6-7-17-10-14(13)9-16/h2-8,10H,1H3. The number of pyridine rings is 1. The Bertz CT molecular complexity index is 730. The second-order valence-electron chi connectivity index (χ2n) is 4.21. The molecule has 5 nitrogen and oxygen atoms in total. The fourth-order valence-corrected chi connectivity index (χ4v) is 1.76. The van der Waals surface area contributed by atoms with Crippen LogP contribution >= 0.6 is 0 Å². The maximum atomic E-state index is 10.9. The third kappa shape index (κ3) is 2.87. The summed E-state index contributed by atoms with van der Waals surface area (Å²) < 4.78 is 0. The van der Waals surface area contributed by atoms with Crippen molar-refractivity contribution in [3.8, 4) is 6.07 Å². The van der Waals surface area contributed by atoms with E-state index in [2.05, 4.69) is 4.98 Å². The van der Waals surface area contributed by atoms with Gasteiger partial charge in [0.2, 0.25) is 0 Å². The minimum absolute atomic E-state index is 0.0855. The highest BCUT2D eigenvalue weighted by Gasteiger charge is 2.09. The SMILES string of the molecule is Cc1ccc(C=Cc2ccncc2C#N)cc1[N+](=O)[O-]. The molecule has 0 saturated carbocycles. The van der Waals surface area contributed by atoms with Crippen LogP contribution in [0.4, 0.5) is 5.69 Å². The zero-order chi connectivity index (χ0) is 14.5. The third-order valence-corrected chi connectivity index (χ3v) is 2.86. The van der Waals surface area contributed by atoms with Gasteiger partial charge in [-0.15, -0.1) is 0 Å². The van der Waals surface area contributed by atoms with Gasteiger partial charge in [-0.2, -0.15) is 5.26 Å². The summed E-state index contributed by atoms with van der Waals surface area (Å²) in [6, 6.07) is 8.78. The van der Waals surface area contributed by atoms with Crippen LogP contribution in [0.25, 0.3) is 12.2 Å². The predicted octanol–water partition coefficient (Wildman–Crippen LogP) is 3.34. The maximum Gasteiger partial charge on any atom is 0.272 e. The lowest BCUT2D eigenvalue weighted by Gasteiger charge is -1.99. The molecule has 0 aliphatic carbocycles. The molecule has 98 valence electrons. The number of aromatic nitrogens is 1. The molecule has 0 saturated heterocycles. The minimum Gasteiger partial charge on any atom is -0.263 e. The average Bonchev–Trinajstić information content (AvgIpc) is 2.46. The van der Waals surface area contributed by atoms with Gasteiger partial charge < -0.3 is 0 Å². The Morgan fingerprint density at radius 2 is 2.15 bits per heavy atom. The van der Waals surface area contributed by atoms with Crippen LogP contribution in [0.1, 0.15) is 22.3 Å². The van der Waals surface area contributed by atoms with Gasteiger partial charge in [0.05, 0.1) is 10.5 Å². The summed E-state index contributed by atoms with van der Waals surface area (Å²) in [5, 5.41) is 19.8. The molecule has 20 heavy (non-hydrogen) atoms. The van der Waals surface area contributed by atoms with Crippen LogP contribution in [0.15, 0.2) is 36.7 Å². The normalized spacial score (nSPS) is 10.4. The number of nitro benzene ring substituents is 1. The molecule has 0 spiro atoms. The Labute approximate surface area is 116 Å². The summed E-state index contributed by atoms with van der Waals surface area (Å²) >= 11 is 0. The molecular formula is C15H11N3O2. The molecule has 0 aliphatic heterocycles. The Hall–Kier alpha value is -3.00. The molecule has 1 heterocycles. The van der Waals surface area contributed by atoms with E-state index >= 15 is 0 Å². The zero-order valence-corrected chi connectivity index (χ0v) is 10.8. The second-order valence-corrected chi connectivity index (χ2v) is 4.21. The van der Waals surface area contributed by atoms with E-state index in [1.54, 1.807) is 43.5 Å². The van der Waals surface area contributed by atoms with Crippen molar-refractivity contribution < 1.29 is 4.92 Å². The molecule has 1 aromatic heterocycles. The summed E-state index contributed by atoms with van der Waals surface area (Å²) in [5.74, 6) is 0. The van der Waals surface area contributed by atoms with Crippen LogP contribution in [0.2, 0.25) is 0 Å². The van der Waals surface area contributed by atoms with Crippen molar-refractivity contribution in [2.45, 2.75) is 6.92 Å². The Balaban J connectivity index is 2.35. The largest absolute Gasteiger partial charge is 0.272 e. The Kier molecular flexibility index (Phi) is 3.87. The van der Waals surface area contributed by atoms with Crippen LogP contribution in [0.5, 0.6) is 0 Å². The monoisotopic (exact) mass is 265 g/mol. The van der Waals surface area contributed by atoms with E-state index in [-0.39, 0.29) is 5.69 Å². The molecule has 5 heteroatoms. The van der Waals surface area contributed by atoms with Crippen molar-refractivity contribution in [2.75, 3.05) is 0 Å². The van der Waals surface area contributed by atoms with Crippen molar-refractivity contribution in [1.82, 2.24) is 4.98 Å². The molecule has 0 aliphatic rings. The molecule has 0 fully saturated rings. The number of aryl methyl sites for hydroxylation is 1. The second kappa shape index (κ2) is 5.76. The lowest BCUT2D eigenvalue weighted by molar-refractivity contribution is -0.385. The molecule has 0 unspecified atom stereocenters. The molecule has 0 amide bonds. The van der Waals surface area contributed by atoms with Crippen molar-refractivity contribution in [1.29, 1.82) is 5.26 Å². The predicted molar refractivity (Wildman–Crippen MR) is 75.7 cm³/mol. The molecular weight excluding hydrogens is 254 g/mol. The highest BCUT2D eigenvalue weighted by Crippen LogP contribution is 2.21. The smallest absolute Gasteiger partial charge is 0.263 e. The first-order valence-electron chi connectivity index (χ1n) is 5.89. The number of benzene rings is 1. The van der Waals surface area contributed by atoms with E-state index in [9.17, 15) is 10.1 Å². The summed E-state index contributed by atoms with van der Waals surface area (Å²) in [6.45, 7) is 1.70. The van der Waals surface area contributed by atoms with Crippen LogP contribution in [-0.4, -0.2) is 9.91 Å². The summed E-state index contributed by atoms with van der Waals surface area (Å²) in [4.78, 5) is 14.4. The van der Waals surface area contributed by atoms with Gasteiger partial charge in [0.1, 0.15) is 6.07 Å². The molecule has 1 aromatic carbocycles. The van der Waals surface area contributed by atoms with Gasteiger partial charge in [-0.05, 0) is 24.1 Å². The molecule has 0 radical (unpaired) electrons. The van der Waals surface area contributed by atoms with E-state index in [4.69, 9.17) is 5.26 Å². The van der Waals surface area contributed by atoms with E-state index in [1.165, 1.54) is 12.3 Å². The summed E-state index contributed by atoms with van der Waals surface area (Å²) in [5.41, 5.74) is 2.61. The van der Waals surface area contributed by atoms with Crippen molar-refractivity contribution >= 4 is 17.8 Å². The molecule has 0 bridgehead atoms.